The van der Waals surface area contributed by atoms with Gasteiger partial charge >= 0.3 is 0 Å². The minimum atomic E-state index is -0.208. The van der Waals surface area contributed by atoms with Crippen molar-refractivity contribution < 1.29 is 4.79 Å². The van der Waals surface area contributed by atoms with E-state index in [1.165, 1.54) is 0 Å². The summed E-state index contributed by atoms with van der Waals surface area (Å²) in [5.74, 6) is -0.208. The maximum absolute atomic E-state index is 10.9. The quantitative estimate of drug-likeness (QED) is 0.552. The van der Waals surface area contributed by atoms with Gasteiger partial charge in [-0.2, -0.15) is 0 Å². The molecule has 0 saturated carbocycles. The van der Waals surface area contributed by atoms with Gasteiger partial charge in [0, 0.05) is 6.42 Å². The minimum Gasteiger partial charge on any atom is -0.397 e. The second-order valence-electron chi connectivity index (χ2n) is 3.02. The van der Waals surface area contributed by atoms with Gasteiger partial charge in [0.2, 0.25) is 5.91 Å². The molecule has 4 heteroatoms. The van der Waals surface area contributed by atoms with E-state index in [9.17, 15) is 4.79 Å². The number of aliphatic imine (C=N–C) groups is 1. The molecule has 0 radical (unpaired) electrons. The Morgan fingerprint density at radius 3 is 2.64 bits per heavy atom. The third-order valence-electron chi connectivity index (χ3n) is 1.96. The lowest BCUT2D eigenvalue weighted by atomic mass is 10.1. The van der Waals surface area contributed by atoms with Gasteiger partial charge in [0.25, 0.3) is 0 Å². The van der Waals surface area contributed by atoms with Gasteiger partial charge in [-0.15, -0.1) is 0 Å². The Morgan fingerprint density at radius 2 is 2.07 bits per heavy atom. The van der Waals surface area contributed by atoms with E-state index in [0.29, 0.717) is 24.2 Å². The molecule has 0 fully saturated rings. The highest BCUT2D eigenvalue weighted by Gasteiger charge is 2.01. The molecule has 0 aliphatic rings. The van der Waals surface area contributed by atoms with Crippen molar-refractivity contribution in [2.75, 3.05) is 11.5 Å². The summed E-state index contributed by atoms with van der Waals surface area (Å²) in [6, 6.07) is 5.35. The molecule has 0 aliphatic heterocycles. The molecule has 0 heterocycles. The Balaban J connectivity index is 2.64. The standard InChI is InChI=1S/C10H13N3O/c1-13-10(14)5-3-7-2-4-8(11)9(12)6-7/h2,4,6H,1,3,5,11-12H2. The van der Waals surface area contributed by atoms with Crippen LogP contribution in [0, 0.1) is 0 Å². The van der Waals surface area contributed by atoms with Crippen molar-refractivity contribution in [3.63, 3.8) is 0 Å². The number of nitrogens with zero attached hydrogens (tertiary/aromatic N) is 1. The molecule has 0 aliphatic carbocycles. The molecular formula is C10H13N3O. The summed E-state index contributed by atoms with van der Waals surface area (Å²) in [5.41, 5.74) is 13.2. The fourth-order valence-corrected chi connectivity index (χ4v) is 1.11. The fourth-order valence-electron chi connectivity index (χ4n) is 1.11. The van der Waals surface area contributed by atoms with Gasteiger partial charge in [-0.3, -0.25) is 4.79 Å². The maximum atomic E-state index is 10.9. The molecule has 4 N–H and O–H groups in total. The van der Waals surface area contributed by atoms with E-state index in [1.807, 2.05) is 6.07 Å². The summed E-state index contributed by atoms with van der Waals surface area (Å²) in [6.07, 6.45) is 0.967. The van der Waals surface area contributed by atoms with E-state index >= 15 is 0 Å². The molecule has 0 saturated heterocycles. The number of benzene rings is 1. The van der Waals surface area contributed by atoms with Crippen LogP contribution in [0.1, 0.15) is 12.0 Å². The van der Waals surface area contributed by atoms with Gasteiger partial charge in [-0.25, -0.2) is 4.99 Å². The number of amides is 1. The zero-order valence-electron chi connectivity index (χ0n) is 7.86. The molecular weight excluding hydrogens is 178 g/mol. The van der Waals surface area contributed by atoms with Crippen molar-refractivity contribution in [3.8, 4) is 0 Å². The Morgan fingerprint density at radius 1 is 1.36 bits per heavy atom. The minimum absolute atomic E-state index is 0.208. The van der Waals surface area contributed by atoms with E-state index in [0.717, 1.165) is 5.56 Å². The summed E-state index contributed by atoms with van der Waals surface area (Å²) in [6.45, 7) is 3.16. The van der Waals surface area contributed by atoms with Crippen molar-refractivity contribution in [2.24, 2.45) is 4.99 Å². The van der Waals surface area contributed by atoms with Crippen LogP contribution in [-0.4, -0.2) is 12.6 Å². The van der Waals surface area contributed by atoms with Crippen LogP contribution in [0.5, 0.6) is 0 Å². The fraction of sp³-hybridized carbons (Fsp3) is 0.200. The smallest absolute Gasteiger partial charge is 0.245 e. The summed E-state index contributed by atoms with van der Waals surface area (Å²) in [7, 11) is 0. The van der Waals surface area contributed by atoms with Crippen molar-refractivity contribution in [1.29, 1.82) is 0 Å². The van der Waals surface area contributed by atoms with Crippen molar-refractivity contribution in [1.82, 2.24) is 0 Å². The second kappa shape index (κ2) is 4.41. The van der Waals surface area contributed by atoms with Gasteiger partial charge in [0.1, 0.15) is 0 Å². The highest BCUT2D eigenvalue weighted by molar-refractivity contribution is 5.80. The van der Waals surface area contributed by atoms with Crippen molar-refractivity contribution in [3.05, 3.63) is 23.8 Å². The monoisotopic (exact) mass is 191 g/mol. The van der Waals surface area contributed by atoms with E-state index in [1.54, 1.807) is 12.1 Å². The normalized spacial score (nSPS) is 9.71. The Kier molecular flexibility index (Phi) is 3.23. The first-order chi connectivity index (χ1) is 6.63. The Labute approximate surface area is 82.6 Å². The van der Waals surface area contributed by atoms with Gasteiger partial charge in [-0.1, -0.05) is 6.07 Å². The zero-order chi connectivity index (χ0) is 10.6. The van der Waals surface area contributed by atoms with Gasteiger partial charge in [0.05, 0.1) is 11.4 Å². The number of anilines is 2. The first kappa shape index (κ1) is 10.2. The molecule has 0 atom stereocenters. The second-order valence-corrected chi connectivity index (χ2v) is 3.02. The number of nitrogens with two attached hydrogens (primary N) is 2. The first-order valence-corrected chi connectivity index (χ1v) is 4.27. The average Bonchev–Trinajstić information content (AvgIpc) is 2.19. The zero-order valence-corrected chi connectivity index (χ0v) is 7.86. The van der Waals surface area contributed by atoms with E-state index < -0.39 is 0 Å². The molecule has 0 aromatic heterocycles. The molecule has 1 aromatic carbocycles. The summed E-state index contributed by atoms with van der Waals surface area (Å²) in [5, 5.41) is 0. The van der Waals surface area contributed by atoms with Gasteiger partial charge in [0.15, 0.2) is 0 Å². The van der Waals surface area contributed by atoms with Crippen molar-refractivity contribution in [2.45, 2.75) is 12.8 Å². The lowest BCUT2D eigenvalue weighted by Crippen LogP contribution is -1.99. The number of carbonyl (C=O) groups is 1. The topological polar surface area (TPSA) is 81.5 Å². The van der Waals surface area contributed by atoms with Crippen LogP contribution in [0.4, 0.5) is 11.4 Å². The van der Waals surface area contributed by atoms with E-state index in [2.05, 4.69) is 11.7 Å². The van der Waals surface area contributed by atoms with Gasteiger partial charge in [-0.05, 0) is 30.8 Å². The third-order valence-corrected chi connectivity index (χ3v) is 1.96. The lowest BCUT2D eigenvalue weighted by molar-refractivity contribution is -0.117. The van der Waals surface area contributed by atoms with Crippen LogP contribution in [0.25, 0.3) is 0 Å². The number of hydrogen-bond acceptors (Lipinski definition) is 3. The predicted octanol–water partition coefficient (Wildman–Crippen LogP) is 1.01. The molecule has 1 aromatic rings. The average molecular weight is 191 g/mol. The Hall–Kier alpha value is -1.84. The first-order valence-electron chi connectivity index (χ1n) is 4.27. The number of nitrogen functional groups attached to an aromatic ring is 2. The summed E-state index contributed by atoms with van der Waals surface area (Å²) >= 11 is 0. The number of carbonyl (C=O) groups excluding carboxylic acids is 1. The number of hydrogen-bond donors (Lipinski definition) is 2. The van der Waals surface area contributed by atoms with E-state index in [4.69, 9.17) is 11.5 Å². The highest BCUT2D eigenvalue weighted by Crippen LogP contribution is 2.16. The van der Waals surface area contributed by atoms with E-state index in [-0.39, 0.29) is 5.91 Å². The van der Waals surface area contributed by atoms with Crippen LogP contribution in [0.3, 0.4) is 0 Å². The van der Waals surface area contributed by atoms with Crippen LogP contribution >= 0.6 is 0 Å². The molecule has 1 amide bonds. The van der Waals surface area contributed by atoms with Crippen LogP contribution in [-0.2, 0) is 11.2 Å². The van der Waals surface area contributed by atoms with Crippen LogP contribution in [0.2, 0.25) is 0 Å². The van der Waals surface area contributed by atoms with Gasteiger partial charge < -0.3 is 11.5 Å². The molecule has 1 rings (SSSR count). The third kappa shape index (κ3) is 2.58. The molecule has 14 heavy (non-hydrogen) atoms. The predicted molar refractivity (Wildman–Crippen MR) is 58.1 cm³/mol. The summed E-state index contributed by atoms with van der Waals surface area (Å²) in [4.78, 5) is 14.2. The van der Waals surface area contributed by atoms with Crippen LogP contribution in [0.15, 0.2) is 23.2 Å². The molecule has 4 nitrogen and oxygen atoms in total. The molecule has 74 valence electrons. The SMILES string of the molecule is C=NC(=O)CCc1ccc(N)c(N)c1. The summed E-state index contributed by atoms with van der Waals surface area (Å²) < 4.78 is 0. The largest absolute Gasteiger partial charge is 0.397 e. The van der Waals surface area contributed by atoms with Crippen molar-refractivity contribution >= 4 is 24.0 Å². The highest BCUT2D eigenvalue weighted by atomic mass is 16.1. The maximum Gasteiger partial charge on any atom is 0.245 e. The lowest BCUT2D eigenvalue weighted by Gasteiger charge is -2.03. The number of aryl methyl sites for hydroxylation is 1. The van der Waals surface area contributed by atoms with Crippen LogP contribution < -0.4 is 11.5 Å². The Bertz CT molecular complexity index is 360. The molecule has 0 unspecified atom stereocenters. The molecule has 0 bridgehead atoms. The number of rotatable bonds is 3. The molecule has 0 spiro atoms.